The number of rotatable bonds is 3. The summed E-state index contributed by atoms with van der Waals surface area (Å²) in [6, 6.07) is 0. The zero-order valence-electron chi connectivity index (χ0n) is 5.25. The van der Waals surface area contributed by atoms with Crippen molar-refractivity contribution in [3.63, 3.8) is 0 Å². The van der Waals surface area contributed by atoms with E-state index >= 15 is 0 Å². The van der Waals surface area contributed by atoms with Crippen molar-refractivity contribution in [1.29, 1.82) is 0 Å². The maximum atomic E-state index is 7.91. The third kappa shape index (κ3) is 1.91. The van der Waals surface area contributed by atoms with Gasteiger partial charge in [-0.1, -0.05) is 5.11 Å². The van der Waals surface area contributed by atoms with Gasteiger partial charge in [0.1, 0.15) is 0 Å². The predicted octanol–water partition coefficient (Wildman–Crippen LogP) is 0.906. The van der Waals surface area contributed by atoms with Crippen LogP contribution in [0.5, 0.6) is 0 Å². The molecule has 1 saturated heterocycles. The molecule has 0 aliphatic carbocycles. The second-order valence-electron chi connectivity index (χ2n) is 2.27. The predicted molar refractivity (Wildman–Crippen MR) is 35.0 cm³/mol. The topological polar surface area (TPSA) is 60.8 Å². The largest absolute Gasteiger partial charge is 0.316 e. The van der Waals surface area contributed by atoms with Crippen molar-refractivity contribution in [3.05, 3.63) is 10.4 Å². The van der Waals surface area contributed by atoms with E-state index in [-0.39, 0.29) is 0 Å². The molecule has 0 saturated carbocycles. The van der Waals surface area contributed by atoms with Crippen LogP contribution in [0.1, 0.15) is 6.42 Å². The van der Waals surface area contributed by atoms with Crippen LogP contribution in [0.4, 0.5) is 0 Å². The molecule has 1 N–H and O–H groups in total. The highest BCUT2D eigenvalue weighted by molar-refractivity contribution is 4.74. The van der Waals surface area contributed by atoms with Gasteiger partial charge in [-0.25, -0.2) is 0 Å². The van der Waals surface area contributed by atoms with Crippen LogP contribution in [0.2, 0.25) is 0 Å². The van der Waals surface area contributed by atoms with Gasteiger partial charge in [-0.15, -0.1) is 0 Å². The molecule has 0 unspecified atom stereocenters. The molecule has 1 fully saturated rings. The van der Waals surface area contributed by atoms with E-state index in [9.17, 15) is 0 Å². The lowest BCUT2D eigenvalue weighted by atomic mass is 10.00. The van der Waals surface area contributed by atoms with Crippen molar-refractivity contribution in [2.75, 3.05) is 19.6 Å². The van der Waals surface area contributed by atoms with Gasteiger partial charge in [-0.2, -0.15) is 0 Å². The van der Waals surface area contributed by atoms with Crippen molar-refractivity contribution >= 4 is 0 Å². The maximum Gasteiger partial charge on any atom is 0.0261 e. The molecule has 0 aromatic rings. The van der Waals surface area contributed by atoms with Crippen molar-refractivity contribution in [3.8, 4) is 0 Å². The molecule has 0 bridgehead atoms. The van der Waals surface area contributed by atoms with Crippen LogP contribution in [0, 0.1) is 5.92 Å². The summed E-state index contributed by atoms with van der Waals surface area (Å²) in [6.45, 7) is 2.85. The van der Waals surface area contributed by atoms with Gasteiger partial charge in [0.05, 0.1) is 0 Å². The Hall–Kier alpha value is -0.730. The summed E-state index contributed by atoms with van der Waals surface area (Å²) in [5, 5.41) is 6.60. The zero-order valence-corrected chi connectivity index (χ0v) is 5.25. The Morgan fingerprint density at radius 1 is 1.67 bits per heavy atom. The highest BCUT2D eigenvalue weighted by Crippen LogP contribution is 2.07. The average molecular weight is 126 g/mol. The van der Waals surface area contributed by atoms with Gasteiger partial charge < -0.3 is 5.32 Å². The van der Waals surface area contributed by atoms with Crippen LogP contribution in [0.25, 0.3) is 10.4 Å². The van der Waals surface area contributed by atoms with Gasteiger partial charge in [-0.05, 0) is 31.0 Å². The molecule has 1 rings (SSSR count). The quantitative estimate of drug-likeness (QED) is 0.341. The maximum absolute atomic E-state index is 7.91. The fourth-order valence-corrected chi connectivity index (χ4v) is 0.838. The first kappa shape index (κ1) is 6.39. The molecule has 0 atom stereocenters. The molecule has 1 aliphatic rings. The summed E-state index contributed by atoms with van der Waals surface area (Å²) >= 11 is 0. The van der Waals surface area contributed by atoms with Gasteiger partial charge in [0.15, 0.2) is 0 Å². The highest BCUT2D eigenvalue weighted by Gasteiger charge is 2.14. The minimum atomic E-state index is 0.656. The van der Waals surface area contributed by atoms with Crippen LogP contribution < -0.4 is 5.32 Å². The molecule has 50 valence electrons. The number of nitrogens with zero attached hydrogens (tertiary/aromatic N) is 3. The molecule has 4 heteroatoms. The van der Waals surface area contributed by atoms with E-state index in [0.717, 1.165) is 25.4 Å². The summed E-state index contributed by atoms with van der Waals surface area (Å²) < 4.78 is 0. The first-order valence-corrected chi connectivity index (χ1v) is 3.15. The van der Waals surface area contributed by atoms with Gasteiger partial charge in [-0.3, -0.25) is 0 Å². The van der Waals surface area contributed by atoms with Gasteiger partial charge in [0.25, 0.3) is 0 Å². The summed E-state index contributed by atoms with van der Waals surface area (Å²) in [5.74, 6) is 0.760. The van der Waals surface area contributed by atoms with E-state index in [0.29, 0.717) is 6.54 Å². The molecule has 0 aromatic heterocycles. The first-order valence-electron chi connectivity index (χ1n) is 3.15. The molecular weight excluding hydrogens is 116 g/mol. The fourth-order valence-electron chi connectivity index (χ4n) is 0.838. The lowest BCUT2D eigenvalue weighted by Crippen LogP contribution is -2.42. The third-order valence-corrected chi connectivity index (χ3v) is 1.57. The molecule has 0 radical (unpaired) electrons. The summed E-state index contributed by atoms with van der Waals surface area (Å²) in [6.07, 6.45) is 1.04. The van der Waals surface area contributed by atoms with Crippen molar-refractivity contribution in [2.45, 2.75) is 6.42 Å². The Balaban J connectivity index is 1.97. The van der Waals surface area contributed by atoms with Crippen LogP contribution >= 0.6 is 0 Å². The van der Waals surface area contributed by atoms with Gasteiger partial charge in [0.2, 0.25) is 0 Å². The monoisotopic (exact) mass is 126 g/mol. The minimum absolute atomic E-state index is 0.656. The van der Waals surface area contributed by atoms with Crippen LogP contribution in [-0.2, 0) is 0 Å². The molecule has 9 heavy (non-hydrogen) atoms. The smallest absolute Gasteiger partial charge is 0.0261 e. The number of hydrogen-bond donors (Lipinski definition) is 1. The molecule has 0 aromatic carbocycles. The van der Waals surface area contributed by atoms with Crippen LogP contribution in [-0.4, -0.2) is 19.6 Å². The van der Waals surface area contributed by atoms with E-state index in [1.807, 2.05) is 0 Å². The Labute approximate surface area is 53.9 Å². The molecule has 4 nitrogen and oxygen atoms in total. The molecule has 0 amide bonds. The number of hydrogen-bond acceptors (Lipinski definition) is 2. The van der Waals surface area contributed by atoms with Crippen molar-refractivity contribution < 1.29 is 0 Å². The van der Waals surface area contributed by atoms with E-state index in [2.05, 4.69) is 15.3 Å². The van der Waals surface area contributed by atoms with Gasteiger partial charge in [0, 0.05) is 11.5 Å². The lowest BCUT2D eigenvalue weighted by Gasteiger charge is -2.26. The van der Waals surface area contributed by atoms with Crippen molar-refractivity contribution in [2.24, 2.45) is 11.0 Å². The van der Waals surface area contributed by atoms with E-state index < -0.39 is 0 Å². The highest BCUT2D eigenvalue weighted by atomic mass is 15.1. The van der Waals surface area contributed by atoms with Crippen LogP contribution in [0.15, 0.2) is 5.11 Å². The molecule has 0 spiro atoms. The molecular formula is C5H10N4. The summed E-state index contributed by atoms with van der Waals surface area (Å²) in [4.78, 5) is 2.67. The van der Waals surface area contributed by atoms with Crippen molar-refractivity contribution in [1.82, 2.24) is 5.32 Å². The second-order valence-corrected chi connectivity index (χ2v) is 2.27. The fraction of sp³-hybridized carbons (Fsp3) is 1.00. The third-order valence-electron chi connectivity index (χ3n) is 1.57. The van der Waals surface area contributed by atoms with E-state index in [1.54, 1.807) is 0 Å². The Bertz CT molecular complexity index is 123. The average Bonchev–Trinajstić information content (AvgIpc) is 1.76. The first-order chi connectivity index (χ1) is 4.43. The van der Waals surface area contributed by atoms with E-state index in [4.69, 9.17) is 5.53 Å². The Morgan fingerprint density at radius 3 is 2.89 bits per heavy atom. The van der Waals surface area contributed by atoms with Gasteiger partial charge >= 0.3 is 0 Å². The van der Waals surface area contributed by atoms with Crippen LogP contribution in [0.3, 0.4) is 0 Å². The number of azide groups is 1. The normalized spacial score (nSPS) is 18.2. The minimum Gasteiger partial charge on any atom is -0.316 e. The number of nitrogens with one attached hydrogen (secondary N) is 1. The zero-order chi connectivity index (χ0) is 6.53. The second kappa shape index (κ2) is 3.33. The standard InChI is InChI=1S/C5H10N4/c6-9-8-2-1-5-3-7-4-5/h5,7H,1-4H2. The molecule has 1 heterocycles. The lowest BCUT2D eigenvalue weighted by molar-refractivity contribution is 0.332. The van der Waals surface area contributed by atoms with E-state index in [1.165, 1.54) is 0 Å². The molecule has 1 aliphatic heterocycles. The summed E-state index contributed by atoms with van der Waals surface area (Å²) in [5.41, 5.74) is 7.91. The summed E-state index contributed by atoms with van der Waals surface area (Å²) in [7, 11) is 0. The SMILES string of the molecule is [N-]=[N+]=NCCC1CNC1. The Kier molecular flexibility index (Phi) is 2.36. The Morgan fingerprint density at radius 2 is 2.44 bits per heavy atom.